The van der Waals surface area contributed by atoms with E-state index in [1.54, 1.807) is 0 Å². The van der Waals surface area contributed by atoms with Crippen LogP contribution in [0.15, 0.2) is 0 Å². The Morgan fingerprint density at radius 3 is 2.10 bits per heavy atom. The summed E-state index contributed by atoms with van der Waals surface area (Å²) in [6.07, 6.45) is 5.20. The number of nitrogens with zero attached hydrogens (tertiary/aromatic N) is 1. The molecule has 2 aliphatic rings. The zero-order chi connectivity index (χ0) is 15.9. The molecule has 2 atom stereocenters. The molecule has 2 rings (SSSR count). The smallest absolute Gasteiger partial charge is 0.0678 e. The summed E-state index contributed by atoms with van der Waals surface area (Å²) in [7, 11) is 2.12. The number of hydrogen-bond acceptors (Lipinski definition) is 3. The van der Waals surface area contributed by atoms with Gasteiger partial charge in [-0.3, -0.25) is 4.90 Å². The van der Waals surface area contributed by atoms with Crippen LogP contribution < -0.4 is 5.32 Å². The molecule has 0 aliphatic carbocycles. The van der Waals surface area contributed by atoms with Gasteiger partial charge in [0.1, 0.15) is 0 Å². The zero-order valence-corrected chi connectivity index (χ0v) is 15.3. The van der Waals surface area contributed by atoms with E-state index in [1.165, 1.54) is 32.4 Å². The fourth-order valence-electron chi connectivity index (χ4n) is 4.84. The van der Waals surface area contributed by atoms with E-state index in [9.17, 15) is 0 Å². The predicted molar refractivity (Wildman–Crippen MR) is 89.7 cm³/mol. The van der Waals surface area contributed by atoms with Crippen molar-refractivity contribution in [2.24, 2.45) is 5.92 Å². The lowest BCUT2D eigenvalue weighted by molar-refractivity contribution is -0.0848. The van der Waals surface area contributed by atoms with E-state index >= 15 is 0 Å². The van der Waals surface area contributed by atoms with E-state index in [0.717, 1.165) is 6.42 Å². The number of piperidine rings is 1. The fraction of sp³-hybridized carbons (Fsp3) is 1.00. The van der Waals surface area contributed by atoms with Gasteiger partial charge < -0.3 is 10.1 Å². The van der Waals surface area contributed by atoms with Crippen molar-refractivity contribution in [3.8, 4) is 0 Å². The van der Waals surface area contributed by atoms with E-state index in [1.807, 2.05) is 0 Å². The maximum atomic E-state index is 6.36. The van der Waals surface area contributed by atoms with Crippen molar-refractivity contribution < 1.29 is 4.74 Å². The summed E-state index contributed by atoms with van der Waals surface area (Å²) >= 11 is 0. The van der Waals surface area contributed by atoms with Gasteiger partial charge in [0.2, 0.25) is 0 Å². The largest absolute Gasteiger partial charge is 0.369 e. The Morgan fingerprint density at radius 1 is 1.10 bits per heavy atom. The Hall–Kier alpha value is -0.120. The Bertz CT molecular complexity index is 356. The molecule has 0 radical (unpaired) electrons. The maximum absolute atomic E-state index is 6.36. The number of ether oxygens (including phenoxy) is 1. The van der Waals surface area contributed by atoms with Crippen LogP contribution in [0.3, 0.4) is 0 Å². The molecule has 2 unspecified atom stereocenters. The van der Waals surface area contributed by atoms with Gasteiger partial charge in [-0.1, -0.05) is 6.42 Å². The molecule has 21 heavy (non-hydrogen) atoms. The Kier molecular flexibility index (Phi) is 4.78. The summed E-state index contributed by atoms with van der Waals surface area (Å²) in [5.41, 5.74) is 0.0896. The highest BCUT2D eigenvalue weighted by Crippen LogP contribution is 2.46. The monoisotopic (exact) mass is 296 g/mol. The van der Waals surface area contributed by atoms with Crippen LogP contribution in [-0.2, 0) is 4.74 Å². The number of rotatable bonds is 4. The molecule has 0 saturated carbocycles. The Labute approximate surface area is 131 Å². The molecule has 0 amide bonds. The number of hydrogen-bond donors (Lipinski definition) is 1. The normalized spacial score (nSPS) is 31.3. The Balaban J connectivity index is 2.21. The molecular formula is C18H36N2O. The van der Waals surface area contributed by atoms with Crippen LogP contribution in [0.5, 0.6) is 0 Å². The van der Waals surface area contributed by atoms with Crippen molar-refractivity contribution >= 4 is 0 Å². The standard InChI is InChI=1S/C18H36N2O/c1-16(2)13-14(18(5,6)21-16)15(19-7)17(3,4)20-11-9-8-10-12-20/h14-15,19H,8-13H2,1-7H3. The highest BCUT2D eigenvalue weighted by molar-refractivity contribution is 5.06. The van der Waals surface area contributed by atoms with Crippen molar-refractivity contribution in [1.29, 1.82) is 0 Å². The van der Waals surface area contributed by atoms with Crippen molar-refractivity contribution in [2.45, 2.75) is 90.0 Å². The van der Waals surface area contributed by atoms with Crippen molar-refractivity contribution in [3.05, 3.63) is 0 Å². The van der Waals surface area contributed by atoms with Crippen LogP contribution in [0.4, 0.5) is 0 Å². The highest BCUT2D eigenvalue weighted by atomic mass is 16.5. The second-order valence-corrected chi connectivity index (χ2v) is 8.74. The highest BCUT2D eigenvalue weighted by Gasteiger charge is 2.53. The lowest BCUT2D eigenvalue weighted by Crippen LogP contribution is -2.63. The molecular weight excluding hydrogens is 260 g/mol. The van der Waals surface area contributed by atoms with E-state index in [2.05, 4.69) is 58.8 Å². The van der Waals surface area contributed by atoms with Gasteiger partial charge in [0, 0.05) is 17.5 Å². The van der Waals surface area contributed by atoms with Gasteiger partial charge in [-0.2, -0.15) is 0 Å². The molecule has 0 aromatic carbocycles. The number of likely N-dealkylation sites (N-methyl/N-ethyl adjacent to an activating group) is 1. The first-order valence-corrected chi connectivity index (χ1v) is 8.73. The average molecular weight is 296 g/mol. The summed E-state index contributed by atoms with van der Waals surface area (Å²) in [6.45, 7) is 16.3. The first kappa shape index (κ1) is 17.2. The third kappa shape index (κ3) is 3.46. The van der Waals surface area contributed by atoms with E-state index in [0.29, 0.717) is 12.0 Å². The molecule has 0 aromatic rings. The fourth-order valence-corrected chi connectivity index (χ4v) is 4.84. The molecule has 0 bridgehead atoms. The zero-order valence-electron chi connectivity index (χ0n) is 15.3. The maximum Gasteiger partial charge on any atom is 0.0678 e. The number of nitrogens with one attached hydrogen (secondary N) is 1. The third-order valence-electron chi connectivity index (χ3n) is 5.79. The van der Waals surface area contributed by atoms with E-state index in [4.69, 9.17) is 4.74 Å². The lowest BCUT2D eigenvalue weighted by atomic mass is 9.73. The van der Waals surface area contributed by atoms with Crippen LogP contribution in [0.25, 0.3) is 0 Å². The van der Waals surface area contributed by atoms with Crippen LogP contribution in [-0.4, -0.2) is 47.8 Å². The van der Waals surface area contributed by atoms with Crippen LogP contribution in [0.1, 0.15) is 67.2 Å². The first-order valence-electron chi connectivity index (χ1n) is 8.73. The van der Waals surface area contributed by atoms with Crippen LogP contribution in [0.2, 0.25) is 0 Å². The van der Waals surface area contributed by atoms with Crippen LogP contribution in [0, 0.1) is 5.92 Å². The lowest BCUT2D eigenvalue weighted by Gasteiger charge is -2.49. The summed E-state index contributed by atoms with van der Waals surface area (Å²) in [4.78, 5) is 2.69. The SMILES string of the molecule is CNC(C1CC(C)(C)OC1(C)C)C(C)(C)N1CCCCC1. The molecule has 2 heterocycles. The van der Waals surface area contributed by atoms with Gasteiger partial charge in [-0.25, -0.2) is 0 Å². The van der Waals surface area contributed by atoms with E-state index < -0.39 is 0 Å². The molecule has 0 aromatic heterocycles. The quantitative estimate of drug-likeness (QED) is 0.860. The molecule has 0 spiro atoms. The molecule has 2 aliphatic heterocycles. The van der Waals surface area contributed by atoms with E-state index in [-0.39, 0.29) is 16.7 Å². The van der Waals surface area contributed by atoms with Gasteiger partial charge in [0.15, 0.2) is 0 Å². The number of likely N-dealkylation sites (tertiary alicyclic amines) is 1. The average Bonchev–Trinajstić information content (AvgIpc) is 2.59. The van der Waals surface area contributed by atoms with Gasteiger partial charge >= 0.3 is 0 Å². The van der Waals surface area contributed by atoms with Gasteiger partial charge in [-0.15, -0.1) is 0 Å². The molecule has 124 valence electrons. The molecule has 1 N–H and O–H groups in total. The van der Waals surface area contributed by atoms with Gasteiger partial charge in [0.05, 0.1) is 11.2 Å². The molecule has 2 saturated heterocycles. The predicted octanol–water partition coefficient (Wildman–Crippen LogP) is 3.43. The second-order valence-electron chi connectivity index (χ2n) is 8.74. The summed E-state index contributed by atoms with van der Waals surface area (Å²) in [6, 6.07) is 0.451. The molecule has 3 heteroatoms. The minimum Gasteiger partial charge on any atom is -0.369 e. The minimum atomic E-state index is -0.0652. The summed E-state index contributed by atoms with van der Waals surface area (Å²) in [5, 5.41) is 3.65. The van der Waals surface area contributed by atoms with Gasteiger partial charge in [-0.05, 0) is 80.9 Å². The third-order valence-corrected chi connectivity index (χ3v) is 5.79. The molecule has 2 fully saturated rings. The van der Waals surface area contributed by atoms with Crippen molar-refractivity contribution in [2.75, 3.05) is 20.1 Å². The molecule has 3 nitrogen and oxygen atoms in total. The summed E-state index contributed by atoms with van der Waals surface area (Å²) in [5.74, 6) is 0.537. The first-order chi connectivity index (χ1) is 9.60. The Morgan fingerprint density at radius 2 is 1.67 bits per heavy atom. The second kappa shape index (κ2) is 5.82. The topological polar surface area (TPSA) is 24.5 Å². The van der Waals surface area contributed by atoms with Gasteiger partial charge in [0.25, 0.3) is 0 Å². The van der Waals surface area contributed by atoms with Crippen molar-refractivity contribution in [1.82, 2.24) is 10.2 Å². The summed E-state index contributed by atoms with van der Waals surface area (Å²) < 4.78 is 6.36. The van der Waals surface area contributed by atoms with Crippen molar-refractivity contribution in [3.63, 3.8) is 0 Å². The minimum absolute atomic E-state index is 0.0127. The van der Waals surface area contributed by atoms with Crippen LogP contribution >= 0.6 is 0 Å².